The number of aromatic nitrogens is 5. The van der Waals surface area contributed by atoms with Gasteiger partial charge < -0.3 is 5.32 Å². The van der Waals surface area contributed by atoms with Gasteiger partial charge >= 0.3 is 0 Å². The standard InChI is InChI=1S/C22H24N6/c1-13(2)19-20(16-6-4-15(5-7-16)18-9-23-10-18)26-27-21(19)17-8-14(3)22-24-12-25-28(22)11-17/h4-8,11-13,18,23H,9-10H2,1-3H3,(H,26,27). The third-order valence-corrected chi connectivity index (χ3v) is 5.67. The molecule has 28 heavy (non-hydrogen) atoms. The number of fused-ring (bicyclic) bond motifs is 1. The van der Waals surface area contributed by atoms with Crippen molar-refractivity contribution in [2.75, 3.05) is 13.1 Å². The van der Waals surface area contributed by atoms with Gasteiger partial charge in [-0.05, 0) is 30.0 Å². The molecule has 1 aliphatic rings. The number of nitrogens with one attached hydrogen (secondary N) is 2. The molecule has 1 aliphatic heterocycles. The number of benzene rings is 1. The van der Waals surface area contributed by atoms with Crippen molar-refractivity contribution in [2.24, 2.45) is 0 Å². The fourth-order valence-corrected chi connectivity index (χ4v) is 4.02. The van der Waals surface area contributed by atoms with E-state index in [0.717, 1.165) is 46.8 Å². The molecule has 0 amide bonds. The average Bonchev–Trinajstić information content (AvgIpc) is 3.28. The van der Waals surface area contributed by atoms with Gasteiger partial charge in [0.1, 0.15) is 6.33 Å². The summed E-state index contributed by atoms with van der Waals surface area (Å²) in [5.74, 6) is 0.983. The van der Waals surface area contributed by atoms with Crippen LogP contribution in [0.4, 0.5) is 0 Å². The molecule has 5 rings (SSSR count). The molecule has 0 bridgehead atoms. The van der Waals surface area contributed by atoms with Gasteiger partial charge in [-0.15, -0.1) is 0 Å². The van der Waals surface area contributed by atoms with E-state index in [2.05, 4.69) is 71.6 Å². The van der Waals surface area contributed by atoms with Crippen LogP contribution in [-0.2, 0) is 0 Å². The van der Waals surface area contributed by atoms with Gasteiger partial charge in [0.15, 0.2) is 5.65 Å². The number of aryl methyl sites for hydroxylation is 1. The summed E-state index contributed by atoms with van der Waals surface area (Å²) in [6, 6.07) is 11.0. The van der Waals surface area contributed by atoms with E-state index in [1.165, 1.54) is 11.1 Å². The minimum atomic E-state index is 0.339. The van der Waals surface area contributed by atoms with Gasteiger partial charge in [-0.25, -0.2) is 9.50 Å². The lowest BCUT2D eigenvalue weighted by molar-refractivity contribution is 0.448. The van der Waals surface area contributed by atoms with Crippen LogP contribution in [0.1, 0.15) is 42.4 Å². The Morgan fingerprint density at radius 1 is 1.11 bits per heavy atom. The third kappa shape index (κ3) is 2.72. The predicted octanol–water partition coefficient (Wildman–Crippen LogP) is 3.91. The summed E-state index contributed by atoms with van der Waals surface area (Å²) in [7, 11) is 0. The van der Waals surface area contributed by atoms with Crippen molar-refractivity contribution in [3.63, 3.8) is 0 Å². The van der Waals surface area contributed by atoms with E-state index in [1.54, 1.807) is 6.33 Å². The van der Waals surface area contributed by atoms with E-state index >= 15 is 0 Å². The minimum Gasteiger partial charge on any atom is -0.315 e. The quantitative estimate of drug-likeness (QED) is 0.570. The van der Waals surface area contributed by atoms with Crippen LogP contribution in [0.15, 0.2) is 42.9 Å². The number of hydrogen-bond donors (Lipinski definition) is 2. The summed E-state index contributed by atoms with van der Waals surface area (Å²) in [6.07, 6.45) is 3.61. The highest BCUT2D eigenvalue weighted by Gasteiger charge is 2.22. The molecule has 0 radical (unpaired) electrons. The molecule has 3 aromatic heterocycles. The molecule has 0 spiro atoms. The molecular formula is C22H24N6. The van der Waals surface area contributed by atoms with Gasteiger partial charge in [0.05, 0.1) is 11.4 Å². The second-order valence-electron chi connectivity index (χ2n) is 7.93. The Hall–Kier alpha value is -2.99. The maximum absolute atomic E-state index is 4.71. The van der Waals surface area contributed by atoms with Crippen LogP contribution in [0.2, 0.25) is 0 Å². The molecule has 6 heteroatoms. The molecule has 0 atom stereocenters. The predicted molar refractivity (Wildman–Crippen MR) is 110 cm³/mol. The van der Waals surface area contributed by atoms with Crippen molar-refractivity contribution in [1.82, 2.24) is 30.1 Å². The molecular weight excluding hydrogens is 348 g/mol. The highest BCUT2D eigenvalue weighted by atomic mass is 15.3. The number of nitrogens with zero attached hydrogens (tertiary/aromatic N) is 4. The monoisotopic (exact) mass is 372 g/mol. The zero-order valence-electron chi connectivity index (χ0n) is 16.4. The van der Waals surface area contributed by atoms with Gasteiger partial charge in [0, 0.05) is 41.9 Å². The molecule has 0 saturated carbocycles. The van der Waals surface area contributed by atoms with E-state index in [-0.39, 0.29) is 0 Å². The van der Waals surface area contributed by atoms with Crippen molar-refractivity contribution < 1.29 is 0 Å². The SMILES string of the molecule is Cc1cc(-c2[nH]nc(-c3ccc(C4CNC4)cc3)c2C(C)C)cn2ncnc12. The molecule has 1 fully saturated rings. The number of hydrogen-bond acceptors (Lipinski definition) is 4. The molecule has 0 aliphatic carbocycles. The smallest absolute Gasteiger partial charge is 0.158 e. The molecule has 142 valence electrons. The first-order valence-corrected chi connectivity index (χ1v) is 9.81. The first kappa shape index (κ1) is 17.1. The van der Waals surface area contributed by atoms with E-state index in [4.69, 9.17) is 5.10 Å². The van der Waals surface area contributed by atoms with Crippen molar-refractivity contribution >= 4 is 5.65 Å². The van der Waals surface area contributed by atoms with Crippen LogP contribution in [0.5, 0.6) is 0 Å². The lowest BCUT2D eigenvalue weighted by atomic mass is 9.90. The highest BCUT2D eigenvalue weighted by molar-refractivity contribution is 5.76. The van der Waals surface area contributed by atoms with Gasteiger partial charge in [-0.3, -0.25) is 5.10 Å². The van der Waals surface area contributed by atoms with Crippen molar-refractivity contribution in [1.29, 1.82) is 0 Å². The minimum absolute atomic E-state index is 0.339. The molecule has 4 aromatic rings. The van der Waals surface area contributed by atoms with Gasteiger partial charge in [-0.2, -0.15) is 10.2 Å². The fraction of sp³-hybridized carbons (Fsp3) is 0.318. The zero-order chi connectivity index (χ0) is 19.3. The topological polar surface area (TPSA) is 70.9 Å². The molecule has 6 nitrogen and oxygen atoms in total. The van der Waals surface area contributed by atoms with Crippen LogP contribution >= 0.6 is 0 Å². The maximum Gasteiger partial charge on any atom is 0.158 e. The molecule has 0 unspecified atom stereocenters. The van der Waals surface area contributed by atoms with Crippen LogP contribution in [0, 0.1) is 6.92 Å². The van der Waals surface area contributed by atoms with Crippen molar-refractivity contribution in [2.45, 2.75) is 32.6 Å². The Kier molecular flexibility index (Phi) is 4.02. The lowest BCUT2D eigenvalue weighted by Gasteiger charge is -2.27. The van der Waals surface area contributed by atoms with Crippen molar-refractivity contribution in [3.8, 4) is 22.5 Å². The van der Waals surface area contributed by atoms with Crippen LogP contribution in [0.3, 0.4) is 0 Å². The fourth-order valence-electron chi connectivity index (χ4n) is 4.02. The summed E-state index contributed by atoms with van der Waals surface area (Å²) in [5.41, 5.74) is 8.93. The molecule has 1 saturated heterocycles. The normalized spacial score (nSPS) is 14.7. The van der Waals surface area contributed by atoms with E-state index in [0.29, 0.717) is 11.8 Å². The third-order valence-electron chi connectivity index (χ3n) is 5.67. The van der Waals surface area contributed by atoms with Crippen LogP contribution in [0.25, 0.3) is 28.2 Å². The summed E-state index contributed by atoms with van der Waals surface area (Å²) < 4.78 is 1.83. The summed E-state index contributed by atoms with van der Waals surface area (Å²) in [4.78, 5) is 4.32. The first-order chi connectivity index (χ1) is 13.6. The molecule has 2 N–H and O–H groups in total. The average molecular weight is 372 g/mol. The molecule has 4 heterocycles. The summed E-state index contributed by atoms with van der Waals surface area (Å²) in [6.45, 7) is 8.65. The molecule has 1 aromatic carbocycles. The van der Waals surface area contributed by atoms with E-state index < -0.39 is 0 Å². The second-order valence-corrected chi connectivity index (χ2v) is 7.93. The van der Waals surface area contributed by atoms with Crippen molar-refractivity contribution in [3.05, 3.63) is 59.5 Å². The Morgan fingerprint density at radius 2 is 1.89 bits per heavy atom. The summed E-state index contributed by atoms with van der Waals surface area (Å²) >= 11 is 0. The maximum atomic E-state index is 4.71. The Bertz CT molecular complexity index is 1130. The van der Waals surface area contributed by atoms with Gasteiger partial charge in [0.2, 0.25) is 0 Å². The Morgan fingerprint density at radius 3 is 2.57 bits per heavy atom. The Balaban J connectivity index is 1.59. The lowest BCUT2D eigenvalue weighted by Crippen LogP contribution is -2.39. The van der Waals surface area contributed by atoms with Gasteiger partial charge in [-0.1, -0.05) is 38.1 Å². The number of pyridine rings is 1. The number of aromatic amines is 1. The number of rotatable bonds is 4. The first-order valence-electron chi connectivity index (χ1n) is 9.81. The zero-order valence-corrected chi connectivity index (χ0v) is 16.4. The van der Waals surface area contributed by atoms with E-state index in [9.17, 15) is 0 Å². The van der Waals surface area contributed by atoms with Crippen LogP contribution in [-0.4, -0.2) is 37.9 Å². The largest absolute Gasteiger partial charge is 0.315 e. The van der Waals surface area contributed by atoms with E-state index in [1.807, 2.05) is 10.7 Å². The second kappa shape index (κ2) is 6.56. The summed E-state index contributed by atoms with van der Waals surface area (Å²) in [5, 5.41) is 15.6. The number of H-pyrrole nitrogens is 1. The van der Waals surface area contributed by atoms with Crippen LogP contribution < -0.4 is 5.32 Å². The highest BCUT2D eigenvalue weighted by Crippen LogP contribution is 2.36. The van der Waals surface area contributed by atoms with Gasteiger partial charge in [0.25, 0.3) is 0 Å². The Labute approximate surface area is 164 Å².